The molecule has 1 atom stereocenters. The molecule has 10 aromatic carbocycles. The number of benzene rings is 10. The lowest BCUT2D eigenvalue weighted by atomic mass is 9.70. The van der Waals surface area contributed by atoms with Gasteiger partial charge in [0.1, 0.15) is 0 Å². The van der Waals surface area contributed by atoms with Crippen LogP contribution in [0.4, 0.5) is 34.1 Å². The highest BCUT2D eigenvalue weighted by atomic mass is 15.2. The van der Waals surface area contributed by atoms with E-state index in [2.05, 4.69) is 192 Å². The van der Waals surface area contributed by atoms with E-state index in [-0.39, 0.29) is 29.9 Å². The first kappa shape index (κ1) is 32.3. The zero-order chi connectivity index (χ0) is 47.4. The predicted molar refractivity (Wildman–Crippen MR) is 272 cm³/mol. The second kappa shape index (κ2) is 14.6. The maximum atomic E-state index is 9.23. The average Bonchev–Trinajstić information content (AvgIpc) is 4.00. The van der Waals surface area contributed by atoms with Gasteiger partial charge >= 0.3 is 0 Å². The third-order valence-corrected chi connectivity index (χ3v) is 13.7. The van der Waals surface area contributed by atoms with Gasteiger partial charge in [-0.05, 0) is 117 Å². The molecule has 306 valence electrons. The number of anilines is 6. The predicted octanol–water partition coefficient (Wildman–Crippen LogP) is 16.3. The highest BCUT2D eigenvalue weighted by Gasteiger charge is 2.52. The van der Waals surface area contributed by atoms with Crippen molar-refractivity contribution in [3.63, 3.8) is 0 Å². The molecule has 65 heavy (non-hydrogen) atoms. The Morgan fingerprint density at radius 2 is 0.908 bits per heavy atom. The van der Waals surface area contributed by atoms with Gasteiger partial charge in [-0.3, -0.25) is 0 Å². The molecule has 3 nitrogen and oxygen atoms in total. The lowest BCUT2D eigenvalue weighted by Gasteiger charge is -2.34. The van der Waals surface area contributed by atoms with Gasteiger partial charge in [0.25, 0.3) is 0 Å². The molecule has 0 amide bonds. The molecular weight excluding hydrogens is 787 g/mol. The van der Waals surface area contributed by atoms with Crippen LogP contribution >= 0.6 is 0 Å². The SMILES string of the molecule is [2H]c1c([2H])c([2H])c(N(c2ccccc2)c2ccc3c(c2)C2(c4ccccc4-3)c3ccccc3-c3ccc(N(c4ccccc4-c4ccccc4)c4cccc5c6ccccc6n(C)c45)cc32)c([2H])c1[2H]. The van der Waals surface area contributed by atoms with Crippen molar-refractivity contribution in [1.82, 2.24) is 4.57 Å². The molecule has 13 rings (SSSR count). The maximum absolute atomic E-state index is 9.23. The summed E-state index contributed by atoms with van der Waals surface area (Å²) in [5.41, 5.74) is 17.2. The van der Waals surface area contributed by atoms with E-state index in [1.54, 1.807) is 0 Å². The van der Waals surface area contributed by atoms with E-state index in [4.69, 9.17) is 4.11 Å². The van der Waals surface area contributed by atoms with Crippen LogP contribution in [0.1, 0.15) is 29.1 Å². The van der Waals surface area contributed by atoms with Crippen LogP contribution < -0.4 is 9.80 Å². The lowest BCUT2D eigenvalue weighted by Crippen LogP contribution is -2.26. The van der Waals surface area contributed by atoms with Crippen LogP contribution in [-0.4, -0.2) is 4.57 Å². The van der Waals surface area contributed by atoms with Crippen LogP contribution in [0.5, 0.6) is 0 Å². The van der Waals surface area contributed by atoms with E-state index in [1.165, 1.54) is 10.8 Å². The van der Waals surface area contributed by atoms with Gasteiger partial charge < -0.3 is 14.4 Å². The molecule has 11 aromatic rings. The molecule has 0 N–H and O–H groups in total. The third kappa shape index (κ3) is 5.42. The van der Waals surface area contributed by atoms with Crippen molar-refractivity contribution in [2.24, 2.45) is 7.05 Å². The highest BCUT2D eigenvalue weighted by molar-refractivity contribution is 6.14. The lowest BCUT2D eigenvalue weighted by molar-refractivity contribution is 0.793. The van der Waals surface area contributed by atoms with Crippen LogP contribution in [0.3, 0.4) is 0 Å². The van der Waals surface area contributed by atoms with E-state index in [0.717, 1.165) is 83.7 Å². The fourth-order valence-corrected chi connectivity index (χ4v) is 11.1. The molecule has 3 heteroatoms. The van der Waals surface area contributed by atoms with Crippen molar-refractivity contribution < 1.29 is 6.85 Å². The Hall–Kier alpha value is -8.40. The van der Waals surface area contributed by atoms with E-state index in [0.29, 0.717) is 11.4 Å². The van der Waals surface area contributed by atoms with Gasteiger partial charge in [0.05, 0.1) is 29.2 Å². The number of hydrogen-bond acceptors (Lipinski definition) is 2. The Morgan fingerprint density at radius 3 is 1.60 bits per heavy atom. The first-order chi connectivity index (χ1) is 34.3. The summed E-state index contributed by atoms with van der Waals surface area (Å²) in [7, 11) is 2.16. The summed E-state index contributed by atoms with van der Waals surface area (Å²) in [6, 6.07) is 73.1. The van der Waals surface area contributed by atoms with E-state index < -0.39 is 11.5 Å². The second-order valence-corrected chi connectivity index (χ2v) is 16.9. The van der Waals surface area contributed by atoms with E-state index in [9.17, 15) is 2.74 Å². The summed E-state index contributed by atoms with van der Waals surface area (Å²) in [5.74, 6) is 0. The number of fused-ring (bicyclic) bond motifs is 13. The largest absolute Gasteiger partial charge is 0.342 e. The normalized spacial score (nSPS) is 15.4. The first-order valence-corrected chi connectivity index (χ1v) is 22.1. The number of nitrogens with zero attached hydrogens (tertiary/aromatic N) is 3. The van der Waals surface area contributed by atoms with Gasteiger partial charge in [-0.1, -0.05) is 176 Å². The average molecular weight is 835 g/mol. The van der Waals surface area contributed by atoms with Crippen molar-refractivity contribution in [2.45, 2.75) is 5.41 Å². The number of rotatable bonds is 7. The summed E-state index contributed by atoms with van der Waals surface area (Å²) < 4.78 is 46.7. The molecule has 2 aliphatic carbocycles. The summed E-state index contributed by atoms with van der Waals surface area (Å²) in [4.78, 5) is 4.26. The zero-order valence-corrected chi connectivity index (χ0v) is 35.5. The minimum absolute atomic E-state index is 0.0893. The summed E-state index contributed by atoms with van der Waals surface area (Å²) in [5, 5.41) is 2.38. The number of aromatic nitrogens is 1. The molecule has 1 heterocycles. The summed E-state index contributed by atoms with van der Waals surface area (Å²) in [6.07, 6.45) is 0. The molecule has 0 fully saturated rings. The standard InChI is InChI=1S/C62H43N3/c1-63-58-33-17-14-29-52(58)53-30-19-35-60(61(53)63)65(59-34-18-13-26-47(59)42-20-5-2-6-21-42)46-37-39-51-49-28-12-16-32-55(49)62(57(51)41-46)54-31-15-11-27-48(54)50-38-36-45(40-56(50)62)64(43-22-7-3-8-23-43)44-24-9-4-10-25-44/h2-41H,1H3/i3D,7D,8D,22D,23D. The fourth-order valence-electron chi connectivity index (χ4n) is 11.1. The Labute approximate surface area is 386 Å². The van der Waals surface area contributed by atoms with Crippen molar-refractivity contribution in [3.8, 4) is 33.4 Å². The molecule has 1 unspecified atom stereocenters. The van der Waals surface area contributed by atoms with Gasteiger partial charge in [0.15, 0.2) is 0 Å². The molecule has 0 aliphatic heterocycles. The summed E-state index contributed by atoms with van der Waals surface area (Å²) >= 11 is 0. The number of hydrogen-bond donors (Lipinski definition) is 0. The van der Waals surface area contributed by atoms with Crippen LogP contribution in [0.25, 0.3) is 55.2 Å². The monoisotopic (exact) mass is 834 g/mol. The Kier molecular flexibility index (Phi) is 7.25. The van der Waals surface area contributed by atoms with Crippen LogP contribution in [0.2, 0.25) is 0 Å². The van der Waals surface area contributed by atoms with Crippen LogP contribution in [0, 0.1) is 0 Å². The van der Waals surface area contributed by atoms with Crippen molar-refractivity contribution in [1.29, 1.82) is 0 Å². The van der Waals surface area contributed by atoms with Gasteiger partial charge in [-0.15, -0.1) is 0 Å². The van der Waals surface area contributed by atoms with Crippen LogP contribution in [0.15, 0.2) is 243 Å². The minimum atomic E-state index is -0.803. The van der Waals surface area contributed by atoms with E-state index >= 15 is 0 Å². The second-order valence-electron chi connectivity index (χ2n) is 16.9. The third-order valence-electron chi connectivity index (χ3n) is 13.7. The minimum Gasteiger partial charge on any atom is -0.342 e. The van der Waals surface area contributed by atoms with Gasteiger partial charge in [0.2, 0.25) is 0 Å². The maximum Gasteiger partial charge on any atom is 0.0733 e. The van der Waals surface area contributed by atoms with Crippen molar-refractivity contribution in [2.75, 3.05) is 9.80 Å². The highest BCUT2D eigenvalue weighted by Crippen LogP contribution is 2.64. The number of para-hydroxylation sites is 5. The van der Waals surface area contributed by atoms with Crippen molar-refractivity contribution in [3.05, 3.63) is 265 Å². The fraction of sp³-hybridized carbons (Fsp3) is 0.0323. The molecule has 0 saturated carbocycles. The number of aryl methyl sites for hydroxylation is 1. The van der Waals surface area contributed by atoms with Gasteiger partial charge in [0, 0.05) is 51.6 Å². The van der Waals surface area contributed by atoms with Crippen molar-refractivity contribution >= 4 is 55.9 Å². The Bertz CT molecular complexity index is 3900. The van der Waals surface area contributed by atoms with Crippen LogP contribution in [-0.2, 0) is 12.5 Å². The molecular formula is C62H43N3. The zero-order valence-electron chi connectivity index (χ0n) is 40.5. The molecule has 0 radical (unpaired) electrons. The molecule has 0 bridgehead atoms. The first-order valence-electron chi connectivity index (χ1n) is 24.6. The van der Waals surface area contributed by atoms with Gasteiger partial charge in [-0.2, -0.15) is 0 Å². The molecule has 1 aromatic heterocycles. The topological polar surface area (TPSA) is 11.4 Å². The van der Waals surface area contributed by atoms with Gasteiger partial charge in [-0.25, -0.2) is 0 Å². The van der Waals surface area contributed by atoms with E-state index in [1.807, 2.05) is 41.3 Å². The smallest absolute Gasteiger partial charge is 0.0733 e. The molecule has 2 aliphatic rings. The molecule has 1 spiro atoms. The molecule has 0 saturated heterocycles. The Balaban J connectivity index is 1.11. The summed E-state index contributed by atoms with van der Waals surface area (Å²) in [6.45, 7) is 0. The Morgan fingerprint density at radius 1 is 0.385 bits per heavy atom. The quantitative estimate of drug-likeness (QED) is 0.158.